The smallest absolute Gasteiger partial charge is 0.354 e. The van der Waals surface area contributed by atoms with E-state index in [-0.39, 0.29) is 11.5 Å². The van der Waals surface area contributed by atoms with Gasteiger partial charge in [0.25, 0.3) is 0 Å². The second kappa shape index (κ2) is 6.28. The number of nitrogen functional groups attached to an aromatic ring is 1. The minimum Gasteiger partial charge on any atom is -0.383 e. The van der Waals surface area contributed by atoms with Gasteiger partial charge in [0, 0.05) is 19.3 Å². The number of nitrogens with zero attached hydrogens (tertiary/aromatic N) is 3. The summed E-state index contributed by atoms with van der Waals surface area (Å²) in [5, 5.41) is 0. The molecule has 2 aliphatic rings. The first-order valence-electron chi connectivity index (χ1n) is 8.97. The van der Waals surface area contributed by atoms with Crippen LogP contribution in [0.15, 0.2) is 41.3 Å². The highest BCUT2D eigenvalue weighted by atomic mass is 16.1. The number of hydrogen-bond acceptors (Lipinski definition) is 5. The Bertz CT molecular complexity index is 811. The lowest BCUT2D eigenvalue weighted by Gasteiger charge is -2.19. The number of piperidine rings is 1. The molecule has 2 atom stereocenters. The predicted molar refractivity (Wildman–Crippen MR) is 98.6 cm³/mol. The molecule has 1 saturated heterocycles. The summed E-state index contributed by atoms with van der Waals surface area (Å²) in [5.74, 6) is 1.09. The highest BCUT2D eigenvalue weighted by Gasteiger charge is 2.58. The fraction of sp³-hybridized carbons (Fsp3) is 0.474. The van der Waals surface area contributed by atoms with Gasteiger partial charge < -0.3 is 16.4 Å². The highest BCUT2D eigenvalue weighted by Crippen LogP contribution is 2.56. The second-order valence-corrected chi connectivity index (χ2v) is 7.48. The highest BCUT2D eigenvalue weighted by molar-refractivity contribution is 5.36. The van der Waals surface area contributed by atoms with Gasteiger partial charge in [-0.1, -0.05) is 12.1 Å². The third kappa shape index (κ3) is 3.19. The number of aromatic nitrogens is 2. The maximum absolute atomic E-state index is 11.9. The van der Waals surface area contributed by atoms with Crippen molar-refractivity contribution in [2.24, 2.45) is 17.1 Å². The van der Waals surface area contributed by atoms with E-state index < -0.39 is 0 Å². The van der Waals surface area contributed by atoms with Gasteiger partial charge >= 0.3 is 5.69 Å². The van der Waals surface area contributed by atoms with Crippen LogP contribution in [0.5, 0.6) is 0 Å². The van der Waals surface area contributed by atoms with Crippen LogP contribution in [0.25, 0.3) is 5.69 Å². The molecular formula is C19H25N5O. The van der Waals surface area contributed by atoms with Crippen LogP contribution in [0.3, 0.4) is 0 Å². The van der Waals surface area contributed by atoms with Gasteiger partial charge in [-0.25, -0.2) is 4.79 Å². The van der Waals surface area contributed by atoms with Crippen molar-refractivity contribution < 1.29 is 0 Å². The molecule has 0 amide bonds. The molecule has 0 radical (unpaired) electrons. The number of fused-ring (bicyclic) bond motifs is 1. The Morgan fingerprint density at radius 2 is 2.04 bits per heavy atom. The standard InChI is InChI=1S/C19H25N5O/c20-12-19-10-15(19)11-23(13-19)8-1-2-14-3-5-16(6-4-14)24-9-7-17(21)22-18(24)25/h3-7,9,15H,1-2,8,10-13,20H2,(H2,21,22,25). The molecule has 1 aromatic heterocycles. The largest absolute Gasteiger partial charge is 0.383 e. The zero-order valence-corrected chi connectivity index (χ0v) is 14.4. The second-order valence-electron chi connectivity index (χ2n) is 7.48. The average molecular weight is 339 g/mol. The van der Waals surface area contributed by atoms with Crippen LogP contribution < -0.4 is 17.2 Å². The minimum absolute atomic E-state index is 0.244. The minimum atomic E-state index is -0.353. The van der Waals surface area contributed by atoms with Gasteiger partial charge in [-0.15, -0.1) is 0 Å². The van der Waals surface area contributed by atoms with Crippen LogP contribution in [-0.4, -0.2) is 40.6 Å². The first kappa shape index (κ1) is 16.3. The van der Waals surface area contributed by atoms with Crippen LogP contribution >= 0.6 is 0 Å². The normalized spacial score (nSPS) is 25.1. The zero-order chi connectivity index (χ0) is 17.4. The fourth-order valence-electron chi connectivity index (χ4n) is 4.13. The van der Waals surface area contributed by atoms with Crippen molar-refractivity contribution >= 4 is 5.82 Å². The Kier molecular flexibility index (Phi) is 4.09. The molecule has 6 heteroatoms. The molecule has 1 aliphatic heterocycles. The molecule has 2 aromatic rings. The number of nitrogens with two attached hydrogens (primary N) is 2. The maximum Gasteiger partial charge on any atom is 0.354 e. The van der Waals surface area contributed by atoms with Crippen LogP contribution in [0, 0.1) is 11.3 Å². The molecule has 1 saturated carbocycles. The number of rotatable bonds is 6. The summed E-state index contributed by atoms with van der Waals surface area (Å²) >= 11 is 0. The molecule has 6 nitrogen and oxygen atoms in total. The predicted octanol–water partition coefficient (Wildman–Crippen LogP) is 1.03. The van der Waals surface area contributed by atoms with E-state index in [0.29, 0.717) is 5.41 Å². The average Bonchev–Trinajstić information content (AvgIpc) is 3.17. The molecule has 2 heterocycles. The van der Waals surface area contributed by atoms with E-state index >= 15 is 0 Å². The van der Waals surface area contributed by atoms with Crippen molar-refractivity contribution in [3.63, 3.8) is 0 Å². The van der Waals surface area contributed by atoms with E-state index in [1.165, 1.54) is 29.6 Å². The summed E-state index contributed by atoms with van der Waals surface area (Å²) in [7, 11) is 0. The summed E-state index contributed by atoms with van der Waals surface area (Å²) in [5.41, 5.74) is 13.6. The third-order valence-electron chi connectivity index (χ3n) is 5.76. The van der Waals surface area contributed by atoms with Gasteiger partial charge in [0.1, 0.15) is 5.82 Å². The van der Waals surface area contributed by atoms with Gasteiger partial charge in [-0.2, -0.15) is 4.98 Å². The summed E-state index contributed by atoms with van der Waals surface area (Å²) < 4.78 is 1.50. The number of aryl methyl sites for hydroxylation is 1. The molecule has 25 heavy (non-hydrogen) atoms. The van der Waals surface area contributed by atoms with E-state index in [1.54, 1.807) is 12.3 Å². The quantitative estimate of drug-likeness (QED) is 0.820. The van der Waals surface area contributed by atoms with E-state index in [4.69, 9.17) is 11.5 Å². The lowest BCUT2D eigenvalue weighted by Crippen LogP contribution is -2.29. The molecule has 2 unspecified atom stereocenters. The first-order valence-corrected chi connectivity index (χ1v) is 8.97. The van der Waals surface area contributed by atoms with Crippen molar-refractivity contribution in [2.75, 3.05) is 31.9 Å². The van der Waals surface area contributed by atoms with Gasteiger partial charge in [-0.3, -0.25) is 4.57 Å². The van der Waals surface area contributed by atoms with Crippen LogP contribution in [-0.2, 0) is 6.42 Å². The van der Waals surface area contributed by atoms with E-state index in [1.807, 2.05) is 12.1 Å². The Labute approximate surface area is 147 Å². The molecule has 0 spiro atoms. The molecule has 2 fully saturated rings. The molecular weight excluding hydrogens is 314 g/mol. The fourth-order valence-corrected chi connectivity index (χ4v) is 4.13. The van der Waals surface area contributed by atoms with Gasteiger partial charge in [0.05, 0.1) is 5.69 Å². The first-order chi connectivity index (χ1) is 12.1. The summed E-state index contributed by atoms with van der Waals surface area (Å²) in [6.45, 7) is 4.39. The lowest BCUT2D eigenvalue weighted by molar-refractivity contribution is 0.279. The molecule has 4 rings (SSSR count). The van der Waals surface area contributed by atoms with Crippen LogP contribution in [0.2, 0.25) is 0 Å². The Morgan fingerprint density at radius 3 is 2.72 bits per heavy atom. The van der Waals surface area contributed by atoms with Gasteiger partial charge in [0.2, 0.25) is 0 Å². The summed E-state index contributed by atoms with van der Waals surface area (Å²) in [4.78, 5) is 18.2. The summed E-state index contributed by atoms with van der Waals surface area (Å²) in [6.07, 6.45) is 5.19. The number of anilines is 1. The SMILES string of the molecule is NCC12CC1CN(CCCc1ccc(-n3ccc(N)nc3=O)cc1)C2. The molecule has 1 aliphatic carbocycles. The van der Waals surface area contributed by atoms with Crippen molar-refractivity contribution in [3.05, 3.63) is 52.6 Å². The van der Waals surface area contributed by atoms with Crippen LogP contribution in [0.4, 0.5) is 5.82 Å². The Balaban J connectivity index is 1.31. The molecule has 0 bridgehead atoms. The lowest BCUT2D eigenvalue weighted by atomic mass is 10.1. The van der Waals surface area contributed by atoms with Crippen molar-refractivity contribution in [2.45, 2.75) is 19.3 Å². The number of benzene rings is 1. The molecule has 132 valence electrons. The van der Waals surface area contributed by atoms with Crippen molar-refractivity contribution in [1.82, 2.24) is 14.5 Å². The summed E-state index contributed by atoms with van der Waals surface area (Å²) in [6, 6.07) is 9.72. The third-order valence-corrected chi connectivity index (χ3v) is 5.76. The molecule has 4 N–H and O–H groups in total. The van der Waals surface area contributed by atoms with E-state index in [0.717, 1.165) is 37.5 Å². The zero-order valence-electron chi connectivity index (χ0n) is 14.4. The van der Waals surface area contributed by atoms with Crippen LogP contribution in [0.1, 0.15) is 18.4 Å². The monoisotopic (exact) mass is 339 g/mol. The van der Waals surface area contributed by atoms with Gasteiger partial charge in [-0.05, 0) is 67.4 Å². The van der Waals surface area contributed by atoms with Crippen molar-refractivity contribution in [3.8, 4) is 5.69 Å². The molecule has 1 aromatic carbocycles. The number of hydrogen-bond donors (Lipinski definition) is 2. The maximum atomic E-state index is 11.9. The van der Waals surface area contributed by atoms with E-state index in [9.17, 15) is 4.79 Å². The number of likely N-dealkylation sites (tertiary alicyclic amines) is 1. The topological polar surface area (TPSA) is 90.2 Å². The van der Waals surface area contributed by atoms with E-state index in [2.05, 4.69) is 22.0 Å². The van der Waals surface area contributed by atoms with Gasteiger partial charge in [0.15, 0.2) is 0 Å². The Hall–Kier alpha value is -2.18. The Morgan fingerprint density at radius 1 is 1.24 bits per heavy atom. The van der Waals surface area contributed by atoms with Crippen molar-refractivity contribution in [1.29, 1.82) is 0 Å².